The fraction of sp³-hybridized carbons (Fsp3) is 0.316. The van der Waals surface area contributed by atoms with Crippen molar-refractivity contribution >= 4 is 30.1 Å². The summed E-state index contributed by atoms with van der Waals surface area (Å²) in [5, 5.41) is 5.68. The van der Waals surface area contributed by atoms with Crippen molar-refractivity contribution in [3.05, 3.63) is 62.0 Å². The fourth-order valence-corrected chi connectivity index (χ4v) is 2.28. The minimum absolute atomic E-state index is 0.157. The molecule has 2 aromatic heterocycles. The van der Waals surface area contributed by atoms with Crippen LogP contribution in [0.2, 0.25) is 0 Å². The van der Waals surface area contributed by atoms with Crippen LogP contribution >= 0.6 is 12.8 Å². The zero-order chi connectivity index (χ0) is 21.8. The Labute approximate surface area is 176 Å². The topological polar surface area (TPSA) is 122 Å². The second-order valence-corrected chi connectivity index (χ2v) is 6.19. The molecule has 2 aromatic rings. The number of hydrogen-bond donors (Lipinski definition) is 4. The molecule has 0 aliphatic heterocycles. The Bertz CT molecular complexity index is 816. The highest BCUT2D eigenvalue weighted by Gasteiger charge is 2.13. The van der Waals surface area contributed by atoms with Gasteiger partial charge in [-0.3, -0.25) is 4.79 Å². The van der Waals surface area contributed by atoms with Crippen LogP contribution in [0.15, 0.2) is 47.7 Å². The third kappa shape index (κ3) is 7.88. The van der Waals surface area contributed by atoms with Crippen LogP contribution in [0.3, 0.4) is 0 Å². The molecule has 4 N–H and O–H groups in total. The van der Waals surface area contributed by atoms with Crippen LogP contribution in [-0.2, 0) is 17.9 Å². The quantitative estimate of drug-likeness (QED) is 0.323. The Morgan fingerprint density at radius 2 is 1.69 bits per heavy atom. The highest BCUT2D eigenvalue weighted by atomic mass is 32.1. The molecule has 0 spiro atoms. The number of hydrogen-bond acceptors (Lipinski definition) is 9. The first kappa shape index (κ1) is 24.1. The standard InChI is InChI=1S/C17H24N6O3S.C2H4/c1-11(14-9-25-17(21-14)8-20-13(3)24)19-7-16-22-15(10-26-16)12(2)23(27)6-4-5-18;1-2/h9-10,19,27H,1-2,4-8,18H2,3H3,(H,20,24);1-2H2. The zero-order valence-electron chi connectivity index (χ0n) is 16.6. The number of nitrogens with zero attached hydrogens (tertiary/aromatic N) is 3. The van der Waals surface area contributed by atoms with Gasteiger partial charge in [-0.1, -0.05) is 26.0 Å². The van der Waals surface area contributed by atoms with Gasteiger partial charge in [-0.05, 0) is 13.0 Å². The van der Waals surface area contributed by atoms with Crippen molar-refractivity contribution in [3.8, 4) is 0 Å². The zero-order valence-corrected chi connectivity index (χ0v) is 17.5. The van der Waals surface area contributed by atoms with Crippen LogP contribution in [0, 0.1) is 0 Å². The van der Waals surface area contributed by atoms with E-state index in [2.05, 4.69) is 59.7 Å². The van der Waals surface area contributed by atoms with Gasteiger partial charge in [0.2, 0.25) is 17.7 Å². The molecule has 158 valence electrons. The molecule has 0 saturated heterocycles. The Morgan fingerprint density at radius 1 is 1.14 bits per heavy atom. The minimum Gasteiger partial charge on any atom is -0.446 e. The first-order valence-corrected chi connectivity index (χ1v) is 9.22. The number of rotatable bonds is 11. The Morgan fingerprint density at radius 3 is 2.28 bits per heavy atom. The Balaban J connectivity index is 0.00000204. The molecule has 1 amide bonds. The lowest BCUT2D eigenvalue weighted by Crippen LogP contribution is -2.19. The molecule has 0 unspecified atom stereocenters. The first-order chi connectivity index (χ1) is 13.9. The smallest absolute Gasteiger partial charge is 0.217 e. The lowest BCUT2D eigenvalue weighted by atomic mass is 10.3. The van der Waals surface area contributed by atoms with E-state index < -0.39 is 0 Å². The molecule has 0 aliphatic rings. The van der Waals surface area contributed by atoms with Gasteiger partial charge in [-0.15, -0.1) is 13.2 Å². The van der Waals surface area contributed by atoms with Crippen molar-refractivity contribution in [1.82, 2.24) is 24.9 Å². The van der Waals surface area contributed by atoms with Gasteiger partial charge in [-0.2, -0.15) is 0 Å². The van der Waals surface area contributed by atoms with E-state index in [1.54, 1.807) is 4.31 Å². The molecule has 2 rings (SSSR count). The molecule has 10 heteroatoms. The number of oxazole rings is 2. The molecule has 0 saturated carbocycles. The summed E-state index contributed by atoms with van der Waals surface area (Å²) in [7, 11) is 0. The maximum atomic E-state index is 10.9. The predicted octanol–water partition coefficient (Wildman–Crippen LogP) is 2.33. The molecule has 0 fully saturated rings. The van der Waals surface area contributed by atoms with E-state index >= 15 is 0 Å². The fourth-order valence-electron chi connectivity index (χ4n) is 2.04. The van der Waals surface area contributed by atoms with Crippen LogP contribution in [0.5, 0.6) is 0 Å². The maximum Gasteiger partial charge on any atom is 0.217 e. The van der Waals surface area contributed by atoms with Crippen LogP contribution in [0.1, 0.15) is 36.5 Å². The summed E-state index contributed by atoms with van der Waals surface area (Å²) in [4.78, 5) is 19.5. The van der Waals surface area contributed by atoms with Gasteiger partial charge in [0.1, 0.15) is 23.9 Å². The SMILES string of the molecule is C=C.C=C(NCc1nc(C(=C)N(S)CCCN)co1)c1coc(CNC(C)=O)n1. The molecular weight excluding hydrogens is 392 g/mol. The third-order valence-electron chi connectivity index (χ3n) is 3.54. The second kappa shape index (κ2) is 12.5. The molecule has 29 heavy (non-hydrogen) atoms. The van der Waals surface area contributed by atoms with E-state index in [4.69, 9.17) is 14.6 Å². The van der Waals surface area contributed by atoms with Gasteiger partial charge in [0, 0.05) is 13.5 Å². The molecular formula is C19H28N6O3S. The monoisotopic (exact) mass is 420 g/mol. The molecule has 0 bridgehead atoms. The number of amides is 1. The van der Waals surface area contributed by atoms with Gasteiger partial charge in [0.25, 0.3) is 0 Å². The van der Waals surface area contributed by atoms with Gasteiger partial charge < -0.3 is 29.5 Å². The third-order valence-corrected chi connectivity index (χ3v) is 3.98. The van der Waals surface area contributed by atoms with Crippen molar-refractivity contribution in [2.45, 2.75) is 26.4 Å². The normalized spacial score (nSPS) is 9.90. The van der Waals surface area contributed by atoms with E-state index in [0.717, 1.165) is 6.42 Å². The van der Waals surface area contributed by atoms with Gasteiger partial charge in [0.05, 0.1) is 24.5 Å². The van der Waals surface area contributed by atoms with Crippen LogP contribution in [0.25, 0.3) is 11.4 Å². The van der Waals surface area contributed by atoms with Crippen molar-refractivity contribution in [2.75, 3.05) is 13.1 Å². The lowest BCUT2D eigenvalue weighted by molar-refractivity contribution is -0.119. The van der Waals surface area contributed by atoms with Crippen molar-refractivity contribution in [1.29, 1.82) is 0 Å². The summed E-state index contributed by atoms with van der Waals surface area (Å²) >= 11 is 4.37. The van der Waals surface area contributed by atoms with Crippen molar-refractivity contribution in [3.63, 3.8) is 0 Å². The van der Waals surface area contributed by atoms with Gasteiger partial charge in [0.15, 0.2) is 0 Å². The lowest BCUT2D eigenvalue weighted by Gasteiger charge is -2.17. The molecule has 0 aliphatic carbocycles. The van der Waals surface area contributed by atoms with Gasteiger partial charge in [-0.25, -0.2) is 9.97 Å². The summed E-state index contributed by atoms with van der Waals surface area (Å²) < 4.78 is 12.4. The largest absolute Gasteiger partial charge is 0.446 e. The first-order valence-electron chi connectivity index (χ1n) is 8.82. The van der Waals surface area contributed by atoms with E-state index in [9.17, 15) is 4.79 Å². The second-order valence-electron chi connectivity index (χ2n) is 5.71. The molecule has 0 aromatic carbocycles. The minimum atomic E-state index is -0.157. The average Bonchev–Trinajstić information content (AvgIpc) is 3.39. The Kier molecular flexibility index (Phi) is 10.3. The van der Waals surface area contributed by atoms with Gasteiger partial charge >= 0.3 is 0 Å². The molecule has 0 atom stereocenters. The molecule has 9 nitrogen and oxygen atoms in total. The van der Waals surface area contributed by atoms with Crippen LogP contribution in [-0.4, -0.2) is 33.3 Å². The number of nitrogens with one attached hydrogen (secondary N) is 2. The molecule has 0 radical (unpaired) electrons. The van der Waals surface area contributed by atoms with E-state index in [0.29, 0.717) is 54.2 Å². The molecule has 2 heterocycles. The van der Waals surface area contributed by atoms with Crippen LogP contribution in [0.4, 0.5) is 0 Å². The highest BCUT2D eigenvalue weighted by Crippen LogP contribution is 2.19. The summed E-state index contributed by atoms with van der Waals surface area (Å²) in [6.07, 6.45) is 3.79. The van der Waals surface area contributed by atoms with Crippen molar-refractivity contribution < 1.29 is 13.6 Å². The number of nitrogens with two attached hydrogens (primary N) is 1. The number of aromatic nitrogens is 2. The van der Waals surface area contributed by atoms with Crippen LogP contribution < -0.4 is 16.4 Å². The summed E-state index contributed by atoms with van der Waals surface area (Å²) in [5.41, 5.74) is 7.82. The highest BCUT2D eigenvalue weighted by molar-refractivity contribution is 7.78. The van der Waals surface area contributed by atoms with Crippen molar-refractivity contribution in [2.24, 2.45) is 5.73 Å². The Hall–Kier alpha value is -2.98. The summed E-state index contributed by atoms with van der Waals surface area (Å²) in [6.45, 7) is 17.1. The summed E-state index contributed by atoms with van der Waals surface area (Å²) in [6, 6.07) is 0. The number of carbonyl (C=O) groups is 1. The van der Waals surface area contributed by atoms with E-state index in [1.807, 2.05) is 0 Å². The number of thiol groups is 1. The number of carbonyl (C=O) groups excluding carboxylic acids is 1. The van der Waals surface area contributed by atoms with E-state index in [1.165, 1.54) is 19.5 Å². The predicted molar refractivity (Wildman–Crippen MR) is 116 cm³/mol. The van der Waals surface area contributed by atoms with E-state index in [-0.39, 0.29) is 12.5 Å². The average molecular weight is 421 g/mol. The summed E-state index contributed by atoms with van der Waals surface area (Å²) in [5.74, 6) is 0.704. The maximum absolute atomic E-state index is 10.9.